The third kappa shape index (κ3) is 2.59. The van der Waals surface area contributed by atoms with E-state index in [4.69, 9.17) is 17.0 Å². The first kappa shape index (κ1) is 11.9. The Morgan fingerprint density at radius 1 is 1.53 bits per heavy atom. The van der Waals surface area contributed by atoms with Gasteiger partial charge in [0.05, 0.1) is 12.0 Å². The van der Waals surface area contributed by atoms with Gasteiger partial charge in [0.25, 0.3) is 5.24 Å². The molecule has 1 saturated heterocycles. The van der Waals surface area contributed by atoms with Gasteiger partial charge in [0.15, 0.2) is 11.5 Å². The molecule has 0 atom stereocenters. The number of ether oxygens (including phenoxy) is 1. The van der Waals surface area contributed by atoms with E-state index in [2.05, 4.69) is 5.32 Å². The molecule has 1 aliphatic rings. The Hall–Kier alpha value is -1.53. The van der Waals surface area contributed by atoms with Crippen molar-refractivity contribution < 1.29 is 14.6 Å². The maximum Gasteiger partial charge on any atom is 0.289 e. The van der Waals surface area contributed by atoms with Crippen molar-refractivity contribution in [3.63, 3.8) is 0 Å². The standard InChI is InChI=1S/C11H9NO3S2/c1-15-8-4-6(2-3-7(8)13)5-9-10(16)12-11(14)17-9/h2-5,13H,1H3,(H,12,14,16)/b9-5+. The highest BCUT2D eigenvalue weighted by molar-refractivity contribution is 8.19. The number of carbonyl (C=O) groups is 1. The lowest BCUT2D eigenvalue weighted by molar-refractivity contribution is 0.265. The first-order chi connectivity index (χ1) is 8.10. The third-order valence-electron chi connectivity index (χ3n) is 2.14. The highest BCUT2D eigenvalue weighted by atomic mass is 32.2. The molecule has 6 heteroatoms. The summed E-state index contributed by atoms with van der Waals surface area (Å²) in [5.74, 6) is 0.457. The van der Waals surface area contributed by atoms with Gasteiger partial charge in [-0.25, -0.2) is 0 Å². The van der Waals surface area contributed by atoms with Crippen LogP contribution < -0.4 is 10.1 Å². The van der Waals surface area contributed by atoms with Crippen LogP contribution in [0.3, 0.4) is 0 Å². The number of methoxy groups -OCH3 is 1. The quantitative estimate of drug-likeness (QED) is 0.637. The van der Waals surface area contributed by atoms with Crippen molar-refractivity contribution in [2.45, 2.75) is 0 Å². The Labute approximate surface area is 108 Å². The first-order valence-corrected chi connectivity index (χ1v) is 5.94. The van der Waals surface area contributed by atoms with Crippen molar-refractivity contribution in [3.8, 4) is 11.5 Å². The number of rotatable bonds is 2. The van der Waals surface area contributed by atoms with Gasteiger partial charge in [0.2, 0.25) is 0 Å². The van der Waals surface area contributed by atoms with Gasteiger partial charge in [0, 0.05) is 0 Å². The third-order valence-corrected chi connectivity index (χ3v) is 3.42. The fraction of sp³-hybridized carbons (Fsp3) is 0.0909. The molecule has 1 fully saturated rings. The van der Waals surface area contributed by atoms with Crippen LogP contribution >= 0.6 is 24.0 Å². The van der Waals surface area contributed by atoms with Crippen LogP contribution in [0.4, 0.5) is 4.79 Å². The normalized spacial score (nSPS) is 17.4. The maximum absolute atomic E-state index is 11.1. The number of thioether (sulfide) groups is 1. The van der Waals surface area contributed by atoms with Crippen LogP contribution in [-0.4, -0.2) is 22.4 Å². The van der Waals surface area contributed by atoms with Gasteiger partial charge in [-0.05, 0) is 35.5 Å². The highest BCUT2D eigenvalue weighted by Gasteiger charge is 2.21. The van der Waals surface area contributed by atoms with E-state index >= 15 is 0 Å². The SMILES string of the molecule is COc1cc(/C=C2/SC(=O)NC2=S)ccc1O. The Balaban J connectivity index is 2.33. The molecule has 1 amide bonds. The summed E-state index contributed by atoms with van der Waals surface area (Å²) in [5.41, 5.74) is 0.806. The van der Waals surface area contributed by atoms with E-state index in [1.54, 1.807) is 18.2 Å². The predicted molar refractivity (Wildman–Crippen MR) is 71.4 cm³/mol. The van der Waals surface area contributed by atoms with Crippen LogP contribution in [0, 0.1) is 0 Å². The highest BCUT2D eigenvalue weighted by Crippen LogP contribution is 2.30. The number of phenols is 1. The number of aromatic hydroxyl groups is 1. The topological polar surface area (TPSA) is 58.6 Å². The molecular weight excluding hydrogens is 258 g/mol. The number of nitrogens with one attached hydrogen (secondary N) is 1. The molecule has 0 spiro atoms. The zero-order valence-corrected chi connectivity index (χ0v) is 10.5. The first-order valence-electron chi connectivity index (χ1n) is 4.72. The average molecular weight is 267 g/mol. The summed E-state index contributed by atoms with van der Waals surface area (Å²) < 4.78 is 5.00. The summed E-state index contributed by atoms with van der Waals surface area (Å²) >= 11 is 6.05. The van der Waals surface area contributed by atoms with Crippen LogP contribution in [0.1, 0.15) is 5.56 Å². The van der Waals surface area contributed by atoms with Crippen molar-refractivity contribution in [2.75, 3.05) is 7.11 Å². The van der Waals surface area contributed by atoms with Crippen molar-refractivity contribution in [2.24, 2.45) is 0 Å². The van der Waals surface area contributed by atoms with Crippen LogP contribution in [-0.2, 0) is 0 Å². The van der Waals surface area contributed by atoms with Gasteiger partial charge in [-0.2, -0.15) is 0 Å². The van der Waals surface area contributed by atoms with Crippen LogP contribution in [0.2, 0.25) is 0 Å². The number of hydrogen-bond acceptors (Lipinski definition) is 5. The summed E-state index contributed by atoms with van der Waals surface area (Å²) in [6, 6.07) is 4.92. The van der Waals surface area contributed by atoms with Crippen molar-refractivity contribution >= 4 is 40.3 Å². The van der Waals surface area contributed by atoms with Crippen LogP contribution in [0.25, 0.3) is 6.08 Å². The summed E-state index contributed by atoms with van der Waals surface area (Å²) in [6.07, 6.45) is 1.77. The van der Waals surface area contributed by atoms with Gasteiger partial charge in [-0.3, -0.25) is 4.79 Å². The largest absolute Gasteiger partial charge is 0.504 e. The second kappa shape index (κ2) is 4.77. The molecule has 2 N–H and O–H groups in total. The van der Waals surface area contributed by atoms with E-state index in [1.165, 1.54) is 13.2 Å². The Kier molecular flexibility index (Phi) is 3.35. The lowest BCUT2D eigenvalue weighted by Gasteiger charge is -2.04. The smallest absolute Gasteiger partial charge is 0.289 e. The molecule has 0 radical (unpaired) electrons. The molecule has 0 aromatic heterocycles. The Morgan fingerprint density at radius 3 is 2.88 bits per heavy atom. The second-order valence-electron chi connectivity index (χ2n) is 3.28. The van der Waals surface area contributed by atoms with E-state index in [1.807, 2.05) is 0 Å². The monoisotopic (exact) mass is 267 g/mol. The Morgan fingerprint density at radius 2 is 2.29 bits per heavy atom. The summed E-state index contributed by atoms with van der Waals surface area (Å²) in [7, 11) is 1.48. The molecule has 88 valence electrons. The van der Waals surface area contributed by atoms with E-state index < -0.39 is 0 Å². The minimum atomic E-state index is -0.174. The molecule has 1 aliphatic heterocycles. The molecule has 1 aromatic carbocycles. The van der Waals surface area contributed by atoms with E-state index in [0.717, 1.165) is 17.3 Å². The molecule has 0 bridgehead atoms. The molecular formula is C11H9NO3S2. The number of benzene rings is 1. The second-order valence-corrected chi connectivity index (χ2v) is 4.71. The zero-order chi connectivity index (χ0) is 12.4. The molecule has 1 heterocycles. The van der Waals surface area contributed by atoms with Crippen molar-refractivity contribution in [1.82, 2.24) is 5.32 Å². The fourth-order valence-corrected chi connectivity index (χ4v) is 2.39. The summed E-state index contributed by atoms with van der Waals surface area (Å²) in [4.78, 5) is 12.2. The van der Waals surface area contributed by atoms with E-state index in [0.29, 0.717) is 15.6 Å². The zero-order valence-electron chi connectivity index (χ0n) is 8.89. The lowest BCUT2D eigenvalue weighted by atomic mass is 10.2. The van der Waals surface area contributed by atoms with Crippen LogP contribution in [0.15, 0.2) is 23.1 Å². The number of hydrogen-bond donors (Lipinski definition) is 2. The van der Waals surface area contributed by atoms with Gasteiger partial charge in [0.1, 0.15) is 4.99 Å². The van der Waals surface area contributed by atoms with Gasteiger partial charge >= 0.3 is 0 Å². The van der Waals surface area contributed by atoms with Crippen LogP contribution in [0.5, 0.6) is 11.5 Å². The van der Waals surface area contributed by atoms with E-state index in [9.17, 15) is 9.90 Å². The van der Waals surface area contributed by atoms with Gasteiger partial charge in [-0.15, -0.1) is 0 Å². The Bertz CT molecular complexity index is 525. The molecule has 0 aliphatic carbocycles. The fourth-order valence-electron chi connectivity index (χ4n) is 1.36. The number of carbonyl (C=O) groups excluding carboxylic acids is 1. The lowest BCUT2D eigenvalue weighted by Crippen LogP contribution is -2.15. The molecule has 1 aromatic rings. The summed E-state index contributed by atoms with van der Waals surface area (Å²) in [5, 5.41) is 11.8. The molecule has 2 rings (SSSR count). The number of thiocarbonyl (C=S) groups is 1. The predicted octanol–water partition coefficient (Wildman–Crippen LogP) is 2.53. The van der Waals surface area contributed by atoms with Gasteiger partial charge in [-0.1, -0.05) is 18.3 Å². The summed E-state index contributed by atoms with van der Waals surface area (Å²) in [6.45, 7) is 0. The molecule has 17 heavy (non-hydrogen) atoms. The minimum Gasteiger partial charge on any atom is -0.504 e. The minimum absolute atomic E-state index is 0.0745. The van der Waals surface area contributed by atoms with Crippen molar-refractivity contribution in [3.05, 3.63) is 28.7 Å². The van der Waals surface area contributed by atoms with Gasteiger partial charge < -0.3 is 15.2 Å². The number of amides is 1. The molecule has 0 saturated carbocycles. The van der Waals surface area contributed by atoms with Crippen molar-refractivity contribution in [1.29, 1.82) is 0 Å². The molecule has 4 nitrogen and oxygen atoms in total. The molecule has 0 unspecified atom stereocenters. The van der Waals surface area contributed by atoms with E-state index in [-0.39, 0.29) is 11.0 Å². The average Bonchev–Trinajstić information content (AvgIpc) is 2.60. The maximum atomic E-state index is 11.1. The number of phenolic OH excluding ortho intramolecular Hbond substituents is 1.